The highest BCUT2D eigenvalue weighted by Gasteiger charge is 1.95. The molecule has 1 aromatic heterocycles. The fraction of sp³-hybridized carbons (Fsp3) is 0.286. The smallest absolute Gasteiger partial charge is 0.222 e. The highest BCUT2D eigenvalue weighted by Crippen LogP contribution is 1.99. The van der Waals surface area contributed by atoms with Gasteiger partial charge in [0.1, 0.15) is 11.6 Å². The van der Waals surface area contributed by atoms with Gasteiger partial charge in [0.05, 0.1) is 6.20 Å². The predicted octanol–water partition coefficient (Wildman–Crippen LogP) is 0.544. The van der Waals surface area contributed by atoms with E-state index in [2.05, 4.69) is 21.5 Å². The summed E-state index contributed by atoms with van der Waals surface area (Å²) in [6.45, 7) is 3.17. The summed E-state index contributed by atoms with van der Waals surface area (Å²) in [4.78, 5) is 18.2. The standard InChI is InChI=1S/C7H8N3O/c1-5-8-4-3-7(9-5)10-6(2)11/h3H,1-2H3,(H,8,9,10,11). The van der Waals surface area contributed by atoms with Crippen LogP contribution in [0.25, 0.3) is 0 Å². The van der Waals surface area contributed by atoms with E-state index in [0.29, 0.717) is 11.6 Å². The maximum absolute atomic E-state index is 10.5. The van der Waals surface area contributed by atoms with Crippen molar-refractivity contribution in [3.05, 3.63) is 18.1 Å². The molecule has 0 atom stereocenters. The molecule has 1 radical (unpaired) electrons. The van der Waals surface area contributed by atoms with Crippen LogP contribution in [0.5, 0.6) is 0 Å². The molecule has 1 aromatic rings. The Balaban J connectivity index is 2.79. The minimum absolute atomic E-state index is 0.142. The van der Waals surface area contributed by atoms with Crippen LogP contribution in [0.1, 0.15) is 12.7 Å². The number of anilines is 1. The van der Waals surface area contributed by atoms with Crippen LogP contribution in [0.4, 0.5) is 5.82 Å². The first-order valence-electron chi connectivity index (χ1n) is 3.18. The molecule has 1 N–H and O–H groups in total. The van der Waals surface area contributed by atoms with E-state index in [1.807, 2.05) is 0 Å². The number of amides is 1. The summed E-state index contributed by atoms with van der Waals surface area (Å²) in [5, 5.41) is 2.52. The van der Waals surface area contributed by atoms with Gasteiger partial charge in [0, 0.05) is 13.0 Å². The van der Waals surface area contributed by atoms with E-state index in [-0.39, 0.29) is 5.91 Å². The quantitative estimate of drug-likeness (QED) is 0.635. The van der Waals surface area contributed by atoms with Crippen molar-refractivity contribution >= 4 is 11.7 Å². The topological polar surface area (TPSA) is 54.9 Å². The minimum Gasteiger partial charge on any atom is -0.311 e. The largest absolute Gasteiger partial charge is 0.311 e. The first-order chi connectivity index (χ1) is 5.18. The number of rotatable bonds is 1. The second kappa shape index (κ2) is 3.09. The Morgan fingerprint density at radius 2 is 2.45 bits per heavy atom. The van der Waals surface area contributed by atoms with Crippen LogP contribution in [-0.4, -0.2) is 15.9 Å². The summed E-state index contributed by atoms with van der Waals surface area (Å²) in [5.41, 5.74) is 0. The monoisotopic (exact) mass is 150 g/mol. The molecule has 0 aromatic carbocycles. The Bertz CT molecular complexity index is 272. The molecule has 1 rings (SSSR count). The summed E-state index contributed by atoms with van der Waals surface area (Å²) < 4.78 is 0. The van der Waals surface area contributed by atoms with Crippen LogP contribution in [0.15, 0.2) is 6.07 Å². The summed E-state index contributed by atoms with van der Waals surface area (Å²) in [6.07, 6.45) is 2.61. The van der Waals surface area contributed by atoms with Crippen LogP contribution in [0.3, 0.4) is 0 Å². The number of nitrogens with zero attached hydrogens (tertiary/aromatic N) is 2. The van der Waals surface area contributed by atoms with Gasteiger partial charge < -0.3 is 5.32 Å². The SMILES string of the molecule is CC(=O)Nc1c[c]nc(C)n1. The van der Waals surface area contributed by atoms with Crippen LogP contribution >= 0.6 is 0 Å². The predicted molar refractivity (Wildman–Crippen MR) is 39.9 cm³/mol. The highest BCUT2D eigenvalue weighted by atomic mass is 16.1. The van der Waals surface area contributed by atoms with Crippen LogP contribution in [0.2, 0.25) is 0 Å². The molecule has 0 spiro atoms. The minimum atomic E-state index is -0.142. The Morgan fingerprint density at radius 3 is 3.00 bits per heavy atom. The van der Waals surface area contributed by atoms with Gasteiger partial charge in [-0.25, -0.2) is 9.97 Å². The summed E-state index contributed by atoms with van der Waals surface area (Å²) >= 11 is 0. The molecule has 0 bridgehead atoms. The van der Waals surface area contributed by atoms with Gasteiger partial charge in [0.25, 0.3) is 0 Å². The first-order valence-corrected chi connectivity index (χ1v) is 3.18. The highest BCUT2D eigenvalue weighted by molar-refractivity contribution is 5.87. The molecule has 57 valence electrons. The third kappa shape index (κ3) is 2.33. The van der Waals surface area contributed by atoms with Crippen molar-refractivity contribution in [1.82, 2.24) is 9.97 Å². The van der Waals surface area contributed by atoms with Crippen LogP contribution in [-0.2, 0) is 4.79 Å². The number of aromatic nitrogens is 2. The zero-order chi connectivity index (χ0) is 8.27. The van der Waals surface area contributed by atoms with Gasteiger partial charge in [-0.1, -0.05) is 0 Å². The van der Waals surface area contributed by atoms with Crippen molar-refractivity contribution < 1.29 is 4.79 Å². The average Bonchev–Trinajstić information content (AvgIpc) is 1.85. The lowest BCUT2D eigenvalue weighted by Crippen LogP contribution is -2.08. The Labute approximate surface area is 64.7 Å². The second-order valence-corrected chi connectivity index (χ2v) is 2.11. The molecular weight excluding hydrogens is 142 g/mol. The van der Waals surface area contributed by atoms with Crippen molar-refractivity contribution in [2.75, 3.05) is 5.32 Å². The lowest BCUT2D eigenvalue weighted by Gasteiger charge is -1.98. The van der Waals surface area contributed by atoms with Gasteiger partial charge in [-0.2, -0.15) is 0 Å². The summed E-state index contributed by atoms with van der Waals surface area (Å²) in [7, 11) is 0. The van der Waals surface area contributed by atoms with E-state index in [0.717, 1.165) is 0 Å². The average molecular weight is 150 g/mol. The Kier molecular flexibility index (Phi) is 2.15. The second-order valence-electron chi connectivity index (χ2n) is 2.11. The summed E-state index contributed by atoms with van der Waals surface area (Å²) in [6, 6.07) is 1.52. The molecule has 1 heterocycles. The Morgan fingerprint density at radius 1 is 1.73 bits per heavy atom. The van der Waals surface area contributed by atoms with E-state index < -0.39 is 0 Å². The number of hydrogen-bond donors (Lipinski definition) is 1. The van der Waals surface area contributed by atoms with E-state index >= 15 is 0 Å². The van der Waals surface area contributed by atoms with Gasteiger partial charge in [-0.3, -0.25) is 4.79 Å². The van der Waals surface area contributed by atoms with E-state index in [1.165, 1.54) is 13.0 Å². The molecule has 0 saturated carbocycles. The fourth-order valence-electron chi connectivity index (χ4n) is 0.663. The fourth-order valence-corrected chi connectivity index (χ4v) is 0.663. The molecule has 0 unspecified atom stereocenters. The van der Waals surface area contributed by atoms with Gasteiger partial charge >= 0.3 is 0 Å². The third-order valence-corrected chi connectivity index (χ3v) is 1.01. The van der Waals surface area contributed by atoms with Gasteiger partial charge in [0.2, 0.25) is 5.91 Å². The van der Waals surface area contributed by atoms with Gasteiger partial charge in [0.15, 0.2) is 0 Å². The molecule has 0 saturated heterocycles. The van der Waals surface area contributed by atoms with Crippen LogP contribution < -0.4 is 5.32 Å². The zero-order valence-electron chi connectivity index (χ0n) is 6.38. The number of carbonyl (C=O) groups is 1. The van der Waals surface area contributed by atoms with E-state index in [9.17, 15) is 4.79 Å². The van der Waals surface area contributed by atoms with Gasteiger partial charge in [-0.05, 0) is 6.92 Å². The molecular formula is C7H8N3O. The third-order valence-electron chi connectivity index (χ3n) is 1.01. The maximum atomic E-state index is 10.5. The van der Waals surface area contributed by atoms with Crippen molar-refractivity contribution in [1.29, 1.82) is 0 Å². The Hall–Kier alpha value is -1.45. The molecule has 0 aliphatic heterocycles. The molecule has 4 nitrogen and oxygen atoms in total. The van der Waals surface area contributed by atoms with Crippen molar-refractivity contribution in [3.63, 3.8) is 0 Å². The normalized spacial score (nSPS) is 9.27. The van der Waals surface area contributed by atoms with Crippen LogP contribution in [0, 0.1) is 13.1 Å². The molecule has 11 heavy (non-hydrogen) atoms. The number of carbonyl (C=O) groups excluding carboxylic acids is 1. The first kappa shape index (κ1) is 7.65. The molecule has 0 aliphatic carbocycles. The number of nitrogens with one attached hydrogen (secondary N) is 1. The zero-order valence-corrected chi connectivity index (χ0v) is 6.38. The number of aryl methyl sites for hydroxylation is 1. The molecule has 1 amide bonds. The maximum Gasteiger partial charge on any atom is 0.222 e. The van der Waals surface area contributed by atoms with E-state index in [4.69, 9.17) is 0 Å². The molecule has 0 fully saturated rings. The molecule has 4 heteroatoms. The number of hydrogen-bond acceptors (Lipinski definition) is 3. The van der Waals surface area contributed by atoms with E-state index in [1.54, 1.807) is 6.92 Å². The lowest BCUT2D eigenvalue weighted by molar-refractivity contribution is -0.114. The molecule has 0 aliphatic rings. The van der Waals surface area contributed by atoms with Crippen molar-refractivity contribution in [3.8, 4) is 0 Å². The van der Waals surface area contributed by atoms with Gasteiger partial charge in [-0.15, -0.1) is 0 Å². The van der Waals surface area contributed by atoms with Crippen molar-refractivity contribution in [2.24, 2.45) is 0 Å². The lowest BCUT2D eigenvalue weighted by atomic mass is 10.5. The van der Waals surface area contributed by atoms with Crippen molar-refractivity contribution in [2.45, 2.75) is 13.8 Å². The summed E-state index contributed by atoms with van der Waals surface area (Å²) in [5.74, 6) is 0.942.